The fourth-order valence-electron chi connectivity index (χ4n) is 6.35. The van der Waals surface area contributed by atoms with E-state index in [-0.39, 0.29) is 5.91 Å². The highest BCUT2D eigenvalue weighted by molar-refractivity contribution is 7.13. The van der Waals surface area contributed by atoms with Gasteiger partial charge in [0.2, 0.25) is 0 Å². The molecule has 4 aromatic carbocycles. The number of aryl methyl sites for hydroxylation is 2. The molecule has 0 radical (unpaired) electrons. The number of nitrogens with zero attached hydrogens (tertiary/aromatic N) is 5. The summed E-state index contributed by atoms with van der Waals surface area (Å²) in [6.45, 7) is 4.83. The molecule has 0 saturated carbocycles. The minimum Gasteiger partial charge on any atom is -0.356 e. The van der Waals surface area contributed by atoms with Gasteiger partial charge in [-0.05, 0) is 65.4 Å². The second-order valence-electron chi connectivity index (χ2n) is 12.0. The van der Waals surface area contributed by atoms with Crippen molar-refractivity contribution < 1.29 is 4.79 Å². The molecule has 0 bridgehead atoms. The van der Waals surface area contributed by atoms with Crippen LogP contribution in [0.4, 0.5) is 10.9 Å². The highest BCUT2D eigenvalue weighted by atomic mass is 32.1. The van der Waals surface area contributed by atoms with Gasteiger partial charge in [0.1, 0.15) is 5.69 Å². The average Bonchev–Trinajstić information content (AvgIpc) is 3.68. The molecule has 2 N–H and O–H groups in total. The van der Waals surface area contributed by atoms with E-state index in [1.165, 1.54) is 12.4 Å². The number of carbonyl (C=O) groups is 1. The van der Waals surface area contributed by atoms with Gasteiger partial charge in [-0.3, -0.25) is 14.8 Å². The number of hydrogen-bond donors (Lipinski definition) is 2. The number of fused-ring (bicyclic) bond motifs is 2. The maximum atomic E-state index is 13.3. The minimum absolute atomic E-state index is 0.298. The molecular formula is C41H31N7OS. The summed E-state index contributed by atoms with van der Waals surface area (Å²) >= 11 is 1.57. The normalized spacial score (nSPS) is 11.2. The van der Waals surface area contributed by atoms with E-state index in [4.69, 9.17) is 9.97 Å². The van der Waals surface area contributed by atoms with Gasteiger partial charge < -0.3 is 10.6 Å². The first kappa shape index (κ1) is 31.0. The molecule has 242 valence electrons. The molecule has 50 heavy (non-hydrogen) atoms. The molecule has 8 aromatic rings. The number of carbonyl (C=O) groups excluding carboxylic acids is 1. The van der Waals surface area contributed by atoms with Gasteiger partial charge in [-0.1, -0.05) is 78.9 Å². The molecular weight excluding hydrogens is 639 g/mol. The number of hydrogen-bond acceptors (Lipinski definition) is 8. The molecule has 4 aromatic heterocycles. The van der Waals surface area contributed by atoms with Crippen LogP contribution in [0.3, 0.4) is 0 Å². The number of anilines is 2. The van der Waals surface area contributed by atoms with E-state index >= 15 is 0 Å². The summed E-state index contributed by atoms with van der Waals surface area (Å²) in [6, 6.07) is 33.3. The molecule has 0 atom stereocenters. The molecule has 9 heteroatoms. The summed E-state index contributed by atoms with van der Waals surface area (Å²) in [4.78, 5) is 35.9. The predicted octanol–water partition coefficient (Wildman–Crippen LogP) is 9.51. The number of thiazole rings is 1. The van der Waals surface area contributed by atoms with Crippen LogP contribution in [0, 0.1) is 13.8 Å². The van der Waals surface area contributed by atoms with E-state index < -0.39 is 0 Å². The van der Waals surface area contributed by atoms with Crippen molar-refractivity contribution >= 4 is 50.0 Å². The van der Waals surface area contributed by atoms with Crippen LogP contribution in [0.1, 0.15) is 27.3 Å². The number of amides is 1. The van der Waals surface area contributed by atoms with Gasteiger partial charge >= 0.3 is 0 Å². The van der Waals surface area contributed by atoms with Crippen LogP contribution in [-0.2, 0) is 6.54 Å². The zero-order valence-electron chi connectivity index (χ0n) is 27.4. The van der Waals surface area contributed by atoms with E-state index in [2.05, 4.69) is 112 Å². The van der Waals surface area contributed by atoms with Crippen molar-refractivity contribution in [2.45, 2.75) is 20.4 Å². The summed E-state index contributed by atoms with van der Waals surface area (Å²) in [7, 11) is 0. The van der Waals surface area contributed by atoms with E-state index in [1.807, 2.05) is 23.6 Å². The molecule has 0 unspecified atom stereocenters. The van der Waals surface area contributed by atoms with Gasteiger partial charge in [-0.15, -0.1) is 11.3 Å². The Balaban J connectivity index is 1.19. The van der Waals surface area contributed by atoms with Gasteiger partial charge in [-0.25, -0.2) is 15.0 Å². The number of pyridine rings is 2. The monoisotopic (exact) mass is 669 g/mol. The summed E-state index contributed by atoms with van der Waals surface area (Å²) in [5.41, 5.74) is 11.6. The second-order valence-corrected chi connectivity index (χ2v) is 12.9. The fourth-order valence-corrected chi connectivity index (χ4v) is 6.87. The first-order valence-electron chi connectivity index (χ1n) is 16.2. The first-order chi connectivity index (χ1) is 24.5. The Hall–Kier alpha value is -6.32. The van der Waals surface area contributed by atoms with Crippen LogP contribution in [0.2, 0.25) is 0 Å². The summed E-state index contributed by atoms with van der Waals surface area (Å²) in [5.74, 6) is 0.0207. The van der Waals surface area contributed by atoms with Crippen LogP contribution in [-0.4, -0.2) is 30.8 Å². The molecule has 0 aliphatic heterocycles. The van der Waals surface area contributed by atoms with Crippen LogP contribution in [0.15, 0.2) is 127 Å². The van der Waals surface area contributed by atoms with Gasteiger partial charge in [0.25, 0.3) is 5.91 Å². The topological polar surface area (TPSA) is 106 Å². The molecule has 0 fully saturated rings. The molecule has 0 aliphatic carbocycles. The Labute approximate surface area is 293 Å². The molecule has 1 amide bonds. The molecule has 0 saturated heterocycles. The van der Waals surface area contributed by atoms with E-state index in [0.29, 0.717) is 18.1 Å². The van der Waals surface area contributed by atoms with Gasteiger partial charge in [0.15, 0.2) is 10.9 Å². The van der Waals surface area contributed by atoms with Crippen molar-refractivity contribution in [3.05, 3.63) is 150 Å². The smallest absolute Gasteiger partial charge is 0.275 e. The van der Waals surface area contributed by atoms with Gasteiger partial charge in [-0.2, -0.15) is 0 Å². The van der Waals surface area contributed by atoms with E-state index in [1.54, 1.807) is 29.8 Å². The van der Waals surface area contributed by atoms with Crippen molar-refractivity contribution in [1.29, 1.82) is 0 Å². The second kappa shape index (κ2) is 13.3. The Morgan fingerprint density at radius 2 is 1.52 bits per heavy atom. The minimum atomic E-state index is -0.348. The zero-order valence-corrected chi connectivity index (χ0v) is 28.2. The lowest BCUT2D eigenvalue weighted by molar-refractivity contribution is 0.102. The largest absolute Gasteiger partial charge is 0.356 e. The lowest BCUT2D eigenvalue weighted by Crippen LogP contribution is -2.14. The molecule has 8 rings (SSSR count). The Morgan fingerprint density at radius 3 is 2.34 bits per heavy atom. The number of aromatic nitrogens is 5. The standard InChI is InChI=1S/C41H31N7OS/c1-25-6-3-4-8-30(25)34-15-14-32(35-16-17-36(47-39(34)35)40(49)48-37-24-42-18-19-43-37)28-11-13-31(26(2)22-28)33-9-5-7-27-10-12-29(46-38(27)33)23-45-41-44-20-21-50-41/h3-22,24H,23H2,1-2H3,(H,44,45)(H,43,48,49). The molecule has 0 aliphatic rings. The summed E-state index contributed by atoms with van der Waals surface area (Å²) in [6.07, 6.45) is 6.40. The van der Waals surface area contributed by atoms with Gasteiger partial charge in [0, 0.05) is 45.9 Å². The van der Waals surface area contributed by atoms with Crippen LogP contribution >= 0.6 is 11.3 Å². The van der Waals surface area contributed by atoms with Gasteiger partial charge in [0.05, 0.1) is 29.5 Å². The lowest BCUT2D eigenvalue weighted by Gasteiger charge is -2.16. The highest BCUT2D eigenvalue weighted by Crippen LogP contribution is 2.38. The first-order valence-corrected chi connectivity index (χ1v) is 17.1. The van der Waals surface area contributed by atoms with Crippen molar-refractivity contribution in [2.24, 2.45) is 0 Å². The van der Waals surface area contributed by atoms with E-state index in [9.17, 15) is 4.79 Å². The van der Waals surface area contributed by atoms with Crippen LogP contribution in [0.25, 0.3) is 55.2 Å². The Kier molecular flexibility index (Phi) is 8.24. The molecule has 8 nitrogen and oxygen atoms in total. The predicted molar refractivity (Wildman–Crippen MR) is 202 cm³/mol. The number of rotatable bonds is 8. The highest BCUT2D eigenvalue weighted by Gasteiger charge is 2.17. The van der Waals surface area contributed by atoms with Crippen molar-refractivity contribution in [2.75, 3.05) is 10.6 Å². The zero-order chi connectivity index (χ0) is 34.0. The number of benzene rings is 4. The molecule has 0 spiro atoms. The van der Waals surface area contributed by atoms with E-state index in [0.717, 1.165) is 77.1 Å². The Morgan fingerprint density at radius 1 is 0.700 bits per heavy atom. The lowest BCUT2D eigenvalue weighted by atomic mass is 9.90. The van der Waals surface area contributed by atoms with Crippen molar-refractivity contribution in [3.8, 4) is 33.4 Å². The summed E-state index contributed by atoms with van der Waals surface area (Å²) in [5, 5.41) is 11.1. The maximum Gasteiger partial charge on any atom is 0.275 e. The van der Waals surface area contributed by atoms with Crippen LogP contribution < -0.4 is 10.6 Å². The quantitative estimate of drug-likeness (QED) is 0.166. The average molecular weight is 670 g/mol. The molecule has 4 heterocycles. The Bertz CT molecular complexity index is 2520. The maximum absolute atomic E-state index is 13.3. The fraction of sp³-hybridized carbons (Fsp3) is 0.0732. The third-order valence-electron chi connectivity index (χ3n) is 8.79. The number of para-hydroxylation sites is 1. The third-order valence-corrected chi connectivity index (χ3v) is 9.52. The number of nitrogens with one attached hydrogen (secondary N) is 2. The SMILES string of the molecule is Cc1cc(-c2ccc(-c3ccccc3C)c3nc(C(=O)Nc4cnccn4)ccc23)ccc1-c1cccc2ccc(CNc3nccs3)nc12. The van der Waals surface area contributed by atoms with Crippen LogP contribution in [0.5, 0.6) is 0 Å². The van der Waals surface area contributed by atoms with Crippen molar-refractivity contribution in [3.63, 3.8) is 0 Å². The van der Waals surface area contributed by atoms with Crippen molar-refractivity contribution in [1.82, 2.24) is 24.9 Å². The summed E-state index contributed by atoms with van der Waals surface area (Å²) < 4.78 is 0. The third kappa shape index (κ3) is 6.06.